The molecule has 20 heavy (non-hydrogen) atoms. The van der Waals surface area contributed by atoms with Crippen molar-refractivity contribution >= 4 is 11.7 Å². The third-order valence-corrected chi connectivity index (χ3v) is 3.35. The molecule has 1 aromatic heterocycles. The lowest BCUT2D eigenvalue weighted by Gasteiger charge is -2.29. The van der Waals surface area contributed by atoms with Gasteiger partial charge in [0.15, 0.2) is 0 Å². The van der Waals surface area contributed by atoms with Crippen molar-refractivity contribution in [3.05, 3.63) is 47.8 Å². The molecule has 0 amide bonds. The highest BCUT2D eigenvalue weighted by Gasteiger charge is 2.20. The molecule has 0 radical (unpaired) electrons. The molecule has 2 aromatic rings. The Morgan fingerprint density at radius 1 is 1.40 bits per heavy atom. The van der Waals surface area contributed by atoms with Gasteiger partial charge in [-0.2, -0.15) is 5.10 Å². The van der Waals surface area contributed by atoms with E-state index in [0.717, 1.165) is 16.8 Å². The number of rotatable bonds is 5. The van der Waals surface area contributed by atoms with Crippen molar-refractivity contribution < 1.29 is 9.90 Å². The number of aliphatic carboxylic acids is 1. The summed E-state index contributed by atoms with van der Waals surface area (Å²) in [6.45, 7) is 3.95. The quantitative estimate of drug-likeness (QED) is 0.908. The van der Waals surface area contributed by atoms with E-state index < -0.39 is 5.97 Å². The second kappa shape index (κ2) is 5.77. The van der Waals surface area contributed by atoms with Crippen LogP contribution in [-0.4, -0.2) is 27.4 Å². The first-order valence-electron chi connectivity index (χ1n) is 6.51. The number of carbonyl (C=O) groups is 1. The molecule has 1 atom stereocenters. The molecule has 0 aliphatic rings. The Morgan fingerprint density at radius 2 is 2.05 bits per heavy atom. The zero-order valence-corrected chi connectivity index (χ0v) is 11.9. The van der Waals surface area contributed by atoms with Gasteiger partial charge < -0.3 is 10.0 Å². The van der Waals surface area contributed by atoms with Crippen molar-refractivity contribution in [1.29, 1.82) is 0 Å². The third kappa shape index (κ3) is 3.17. The number of nitrogens with zero attached hydrogens (tertiary/aromatic N) is 3. The molecule has 1 unspecified atom stereocenters. The molecule has 0 saturated carbocycles. The summed E-state index contributed by atoms with van der Waals surface area (Å²) in [5.41, 5.74) is 3.04. The maximum absolute atomic E-state index is 11.1. The maximum Gasteiger partial charge on any atom is 0.323 e. The van der Waals surface area contributed by atoms with E-state index in [0.29, 0.717) is 0 Å². The lowest BCUT2D eigenvalue weighted by molar-refractivity contribution is -0.135. The molecule has 0 bridgehead atoms. The van der Waals surface area contributed by atoms with Gasteiger partial charge in [-0.05, 0) is 26.0 Å². The summed E-state index contributed by atoms with van der Waals surface area (Å²) in [4.78, 5) is 13.0. The van der Waals surface area contributed by atoms with Crippen LogP contribution in [0.15, 0.2) is 36.7 Å². The molecule has 0 aliphatic carbocycles. The van der Waals surface area contributed by atoms with Crippen LogP contribution in [-0.2, 0) is 11.8 Å². The first-order valence-corrected chi connectivity index (χ1v) is 6.51. The standard InChI is InChI=1S/C15H19N3O2/c1-11-4-6-14(7-5-11)18(10-15(19)20)12(2)13-8-16-17(3)9-13/h4-9,12H,10H2,1-3H3,(H,19,20). The van der Waals surface area contributed by atoms with Gasteiger partial charge in [-0.25, -0.2) is 0 Å². The Morgan fingerprint density at radius 3 is 2.55 bits per heavy atom. The first kappa shape index (κ1) is 14.1. The van der Waals surface area contributed by atoms with Gasteiger partial charge in [-0.3, -0.25) is 9.48 Å². The predicted molar refractivity (Wildman–Crippen MR) is 77.8 cm³/mol. The Hall–Kier alpha value is -2.30. The summed E-state index contributed by atoms with van der Waals surface area (Å²) < 4.78 is 1.72. The van der Waals surface area contributed by atoms with Gasteiger partial charge >= 0.3 is 5.97 Å². The largest absolute Gasteiger partial charge is 0.480 e. The van der Waals surface area contributed by atoms with Crippen LogP contribution in [0.25, 0.3) is 0 Å². The molecule has 0 fully saturated rings. The minimum absolute atomic E-state index is 0.0425. The average molecular weight is 273 g/mol. The summed E-state index contributed by atoms with van der Waals surface area (Å²) in [7, 11) is 1.85. The molecule has 1 heterocycles. The highest BCUT2D eigenvalue weighted by Crippen LogP contribution is 2.26. The summed E-state index contributed by atoms with van der Waals surface area (Å²) in [5, 5.41) is 13.3. The molecule has 0 saturated heterocycles. The van der Waals surface area contributed by atoms with Crippen LogP contribution in [0.3, 0.4) is 0 Å². The Balaban J connectivity index is 2.31. The first-order chi connectivity index (χ1) is 9.47. The molecule has 1 aromatic carbocycles. The van der Waals surface area contributed by atoms with E-state index in [1.54, 1.807) is 10.9 Å². The lowest BCUT2D eigenvalue weighted by atomic mass is 10.1. The van der Waals surface area contributed by atoms with Crippen LogP contribution in [0.4, 0.5) is 5.69 Å². The second-order valence-electron chi connectivity index (χ2n) is 4.98. The van der Waals surface area contributed by atoms with E-state index >= 15 is 0 Å². The van der Waals surface area contributed by atoms with Gasteiger partial charge in [0.05, 0.1) is 12.2 Å². The second-order valence-corrected chi connectivity index (χ2v) is 4.98. The van der Waals surface area contributed by atoms with Crippen LogP contribution >= 0.6 is 0 Å². The van der Waals surface area contributed by atoms with Gasteiger partial charge in [0.2, 0.25) is 0 Å². The van der Waals surface area contributed by atoms with Crippen molar-refractivity contribution in [3.8, 4) is 0 Å². The van der Waals surface area contributed by atoms with E-state index in [1.807, 2.05) is 56.3 Å². The minimum atomic E-state index is -0.846. The van der Waals surface area contributed by atoms with Gasteiger partial charge in [0.1, 0.15) is 6.54 Å². The lowest BCUT2D eigenvalue weighted by Crippen LogP contribution is -2.32. The summed E-state index contributed by atoms with van der Waals surface area (Å²) in [6, 6.07) is 7.82. The zero-order valence-electron chi connectivity index (χ0n) is 11.9. The SMILES string of the molecule is Cc1ccc(N(CC(=O)O)C(C)c2cnn(C)c2)cc1. The van der Waals surface area contributed by atoms with E-state index in [-0.39, 0.29) is 12.6 Å². The molecular weight excluding hydrogens is 254 g/mol. The van der Waals surface area contributed by atoms with Gasteiger partial charge in [-0.15, -0.1) is 0 Å². The fourth-order valence-electron chi connectivity index (χ4n) is 2.17. The number of carboxylic acid groups (broad SMARTS) is 1. The van der Waals surface area contributed by atoms with Crippen molar-refractivity contribution in [2.24, 2.45) is 7.05 Å². The van der Waals surface area contributed by atoms with Crippen LogP contribution < -0.4 is 4.90 Å². The monoisotopic (exact) mass is 273 g/mol. The molecule has 1 N–H and O–H groups in total. The molecule has 5 nitrogen and oxygen atoms in total. The Kier molecular flexibility index (Phi) is 4.08. The molecular formula is C15H19N3O2. The normalized spacial score (nSPS) is 12.2. The molecule has 106 valence electrons. The van der Waals surface area contributed by atoms with Crippen molar-refractivity contribution in [3.63, 3.8) is 0 Å². The van der Waals surface area contributed by atoms with Crippen LogP contribution in [0, 0.1) is 6.92 Å². The predicted octanol–water partition coefficient (Wildman–Crippen LogP) is 2.38. The zero-order chi connectivity index (χ0) is 14.7. The molecule has 0 aliphatic heterocycles. The van der Waals surface area contributed by atoms with Crippen molar-refractivity contribution in [1.82, 2.24) is 9.78 Å². The van der Waals surface area contributed by atoms with Gasteiger partial charge in [0.25, 0.3) is 0 Å². The Bertz CT molecular complexity index is 589. The molecule has 0 spiro atoms. The fourth-order valence-corrected chi connectivity index (χ4v) is 2.17. The van der Waals surface area contributed by atoms with Crippen molar-refractivity contribution in [2.45, 2.75) is 19.9 Å². The Labute approximate surface area is 118 Å². The number of anilines is 1. The number of aromatic nitrogens is 2. The maximum atomic E-state index is 11.1. The third-order valence-electron chi connectivity index (χ3n) is 3.35. The number of hydrogen-bond donors (Lipinski definition) is 1. The van der Waals surface area contributed by atoms with E-state index in [9.17, 15) is 4.79 Å². The van der Waals surface area contributed by atoms with Crippen LogP contribution in [0.1, 0.15) is 24.1 Å². The van der Waals surface area contributed by atoms with E-state index in [4.69, 9.17) is 5.11 Å². The van der Waals surface area contributed by atoms with E-state index in [1.165, 1.54) is 0 Å². The number of aryl methyl sites for hydroxylation is 2. The van der Waals surface area contributed by atoms with Gasteiger partial charge in [0, 0.05) is 24.5 Å². The minimum Gasteiger partial charge on any atom is -0.480 e. The van der Waals surface area contributed by atoms with Crippen LogP contribution in [0.2, 0.25) is 0 Å². The topological polar surface area (TPSA) is 58.4 Å². The average Bonchev–Trinajstić information content (AvgIpc) is 2.83. The van der Waals surface area contributed by atoms with Crippen LogP contribution in [0.5, 0.6) is 0 Å². The van der Waals surface area contributed by atoms with E-state index in [2.05, 4.69) is 5.10 Å². The highest BCUT2D eigenvalue weighted by molar-refractivity contribution is 5.74. The number of hydrogen-bond acceptors (Lipinski definition) is 3. The number of benzene rings is 1. The highest BCUT2D eigenvalue weighted by atomic mass is 16.4. The summed E-state index contributed by atoms with van der Waals surface area (Å²) >= 11 is 0. The smallest absolute Gasteiger partial charge is 0.323 e. The fraction of sp³-hybridized carbons (Fsp3) is 0.333. The van der Waals surface area contributed by atoms with Gasteiger partial charge in [-0.1, -0.05) is 17.7 Å². The van der Waals surface area contributed by atoms with Crippen molar-refractivity contribution in [2.75, 3.05) is 11.4 Å². The number of carboxylic acids is 1. The molecule has 2 rings (SSSR count). The summed E-state index contributed by atoms with van der Waals surface area (Å²) in [5.74, 6) is -0.846. The summed E-state index contributed by atoms with van der Waals surface area (Å²) in [6.07, 6.45) is 3.68. The molecule has 5 heteroatoms.